The zero-order valence-electron chi connectivity index (χ0n) is 14.8. The molecule has 0 spiro atoms. The fourth-order valence-electron chi connectivity index (χ4n) is 3.01. The van der Waals surface area contributed by atoms with Gasteiger partial charge in [0.25, 0.3) is 0 Å². The van der Waals surface area contributed by atoms with Gasteiger partial charge in [-0.15, -0.1) is 0 Å². The van der Waals surface area contributed by atoms with Crippen LogP contribution in [0.15, 0.2) is 36.5 Å². The van der Waals surface area contributed by atoms with Gasteiger partial charge in [-0.3, -0.25) is 0 Å². The number of hydrogen-bond donors (Lipinski definition) is 1. The number of rotatable bonds is 6. The van der Waals surface area contributed by atoms with Crippen LogP contribution in [0.4, 0.5) is 11.8 Å². The van der Waals surface area contributed by atoms with Gasteiger partial charge in [-0.1, -0.05) is 18.2 Å². The third-order valence-electron chi connectivity index (χ3n) is 4.31. The third kappa shape index (κ3) is 3.33. The molecule has 1 aromatic carbocycles. The Bertz CT molecular complexity index is 861. The number of hydrogen-bond acceptors (Lipinski definition) is 7. The SMILES string of the molecule is COCCNc1nc(N2CCOCC2)c2cnn(-c3ccccc3)c2n1. The van der Waals surface area contributed by atoms with E-state index < -0.39 is 0 Å². The van der Waals surface area contributed by atoms with Crippen LogP contribution in [0.1, 0.15) is 0 Å². The molecule has 0 atom stereocenters. The van der Waals surface area contributed by atoms with Gasteiger partial charge in [0.05, 0.1) is 37.1 Å². The summed E-state index contributed by atoms with van der Waals surface area (Å²) in [6.07, 6.45) is 1.84. The van der Waals surface area contributed by atoms with E-state index in [4.69, 9.17) is 19.4 Å². The first-order valence-corrected chi connectivity index (χ1v) is 8.73. The van der Waals surface area contributed by atoms with Crippen LogP contribution in [-0.2, 0) is 9.47 Å². The second-order valence-corrected chi connectivity index (χ2v) is 6.02. The van der Waals surface area contributed by atoms with E-state index in [1.807, 2.05) is 41.2 Å². The fraction of sp³-hybridized carbons (Fsp3) is 0.389. The van der Waals surface area contributed by atoms with E-state index in [1.165, 1.54) is 0 Å². The van der Waals surface area contributed by atoms with Crippen molar-refractivity contribution in [2.24, 2.45) is 0 Å². The summed E-state index contributed by atoms with van der Waals surface area (Å²) in [5.74, 6) is 1.47. The molecule has 136 valence electrons. The monoisotopic (exact) mass is 354 g/mol. The largest absolute Gasteiger partial charge is 0.383 e. The van der Waals surface area contributed by atoms with E-state index in [0.717, 1.165) is 35.6 Å². The standard InChI is InChI=1S/C18H22N6O2/c1-25-10-7-19-18-21-16(23-8-11-26-12-9-23)15-13-20-24(17(15)22-18)14-5-3-2-4-6-14/h2-6,13H,7-12H2,1H3,(H,19,21,22). The summed E-state index contributed by atoms with van der Waals surface area (Å²) in [6.45, 7) is 4.24. The number of anilines is 2. The molecular formula is C18H22N6O2. The Morgan fingerprint density at radius 1 is 1.15 bits per heavy atom. The average Bonchev–Trinajstić information content (AvgIpc) is 3.13. The lowest BCUT2D eigenvalue weighted by atomic mass is 10.3. The van der Waals surface area contributed by atoms with Crippen molar-refractivity contribution < 1.29 is 9.47 Å². The van der Waals surface area contributed by atoms with Crippen molar-refractivity contribution in [3.05, 3.63) is 36.5 Å². The number of aromatic nitrogens is 4. The average molecular weight is 354 g/mol. The molecule has 2 aromatic heterocycles. The molecule has 0 saturated carbocycles. The first kappa shape index (κ1) is 16.7. The molecule has 1 saturated heterocycles. The predicted molar refractivity (Wildman–Crippen MR) is 100 cm³/mol. The molecule has 3 heterocycles. The number of nitrogens with one attached hydrogen (secondary N) is 1. The maximum absolute atomic E-state index is 5.48. The maximum atomic E-state index is 5.48. The Hall–Kier alpha value is -2.71. The minimum absolute atomic E-state index is 0.578. The zero-order valence-corrected chi connectivity index (χ0v) is 14.8. The van der Waals surface area contributed by atoms with Crippen LogP contribution < -0.4 is 10.2 Å². The highest BCUT2D eigenvalue weighted by Gasteiger charge is 2.20. The van der Waals surface area contributed by atoms with Crippen molar-refractivity contribution in [3.63, 3.8) is 0 Å². The van der Waals surface area contributed by atoms with E-state index in [0.29, 0.717) is 32.3 Å². The summed E-state index contributed by atoms with van der Waals surface area (Å²) in [6, 6.07) is 10.00. The molecule has 0 amide bonds. The number of ether oxygens (including phenoxy) is 2. The molecule has 1 fully saturated rings. The summed E-state index contributed by atoms with van der Waals surface area (Å²) in [4.78, 5) is 11.7. The van der Waals surface area contributed by atoms with E-state index in [1.54, 1.807) is 7.11 Å². The molecular weight excluding hydrogens is 332 g/mol. The molecule has 0 aliphatic carbocycles. The van der Waals surface area contributed by atoms with Crippen molar-refractivity contribution in [1.29, 1.82) is 0 Å². The lowest BCUT2D eigenvalue weighted by Gasteiger charge is -2.28. The van der Waals surface area contributed by atoms with Crippen LogP contribution in [0.5, 0.6) is 0 Å². The maximum Gasteiger partial charge on any atom is 0.226 e. The van der Waals surface area contributed by atoms with Gasteiger partial charge < -0.3 is 19.7 Å². The summed E-state index contributed by atoms with van der Waals surface area (Å²) in [7, 11) is 1.68. The van der Waals surface area contributed by atoms with Crippen LogP contribution >= 0.6 is 0 Å². The third-order valence-corrected chi connectivity index (χ3v) is 4.31. The van der Waals surface area contributed by atoms with E-state index in [2.05, 4.69) is 15.3 Å². The van der Waals surface area contributed by atoms with Gasteiger partial charge in [-0.05, 0) is 12.1 Å². The molecule has 8 heteroatoms. The Morgan fingerprint density at radius 3 is 2.73 bits per heavy atom. The number of benzene rings is 1. The van der Waals surface area contributed by atoms with Crippen molar-refractivity contribution >= 4 is 22.8 Å². The van der Waals surface area contributed by atoms with Crippen molar-refractivity contribution in [1.82, 2.24) is 19.7 Å². The number of methoxy groups -OCH3 is 1. The van der Waals surface area contributed by atoms with Crippen molar-refractivity contribution in [2.75, 3.05) is 56.8 Å². The van der Waals surface area contributed by atoms with Gasteiger partial charge in [0, 0.05) is 26.7 Å². The van der Waals surface area contributed by atoms with Gasteiger partial charge >= 0.3 is 0 Å². The van der Waals surface area contributed by atoms with Gasteiger partial charge in [-0.25, -0.2) is 4.68 Å². The fourth-order valence-corrected chi connectivity index (χ4v) is 3.01. The number of nitrogens with zero attached hydrogens (tertiary/aromatic N) is 5. The molecule has 1 N–H and O–H groups in total. The summed E-state index contributed by atoms with van der Waals surface area (Å²) in [5, 5.41) is 8.74. The normalized spacial score (nSPS) is 14.7. The number of morpholine rings is 1. The highest BCUT2D eigenvalue weighted by atomic mass is 16.5. The molecule has 1 aliphatic rings. The van der Waals surface area contributed by atoms with E-state index in [-0.39, 0.29) is 0 Å². The topological polar surface area (TPSA) is 77.3 Å². The number of para-hydroxylation sites is 1. The molecule has 1 aliphatic heterocycles. The smallest absolute Gasteiger partial charge is 0.226 e. The Morgan fingerprint density at radius 2 is 1.96 bits per heavy atom. The van der Waals surface area contributed by atoms with Gasteiger partial charge in [0.15, 0.2) is 5.65 Å². The first-order valence-electron chi connectivity index (χ1n) is 8.73. The van der Waals surface area contributed by atoms with Crippen LogP contribution in [-0.4, -0.2) is 66.3 Å². The van der Waals surface area contributed by atoms with E-state index in [9.17, 15) is 0 Å². The summed E-state index contributed by atoms with van der Waals surface area (Å²) >= 11 is 0. The molecule has 3 aromatic rings. The Kier molecular flexibility index (Phi) is 4.94. The molecule has 8 nitrogen and oxygen atoms in total. The van der Waals surface area contributed by atoms with Crippen molar-refractivity contribution in [3.8, 4) is 5.69 Å². The quantitative estimate of drug-likeness (QED) is 0.675. The van der Waals surface area contributed by atoms with E-state index >= 15 is 0 Å². The van der Waals surface area contributed by atoms with Crippen LogP contribution in [0.2, 0.25) is 0 Å². The second-order valence-electron chi connectivity index (χ2n) is 6.02. The lowest BCUT2D eigenvalue weighted by Crippen LogP contribution is -2.37. The lowest BCUT2D eigenvalue weighted by molar-refractivity contribution is 0.122. The minimum Gasteiger partial charge on any atom is -0.383 e. The first-order chi connectivity index (χ1) is 12.9. The summed E-state index contributed by atoms with van der Waals surface area (Å²) in [5.41, 5.74) is 1.75. The highest BCUT2D eigenvalue weighted by molar-refractivity contribution is 5.89. The second kappa shape index (κ2) is 7.67. The molecule has 0 unspecified atom stereocenters. The van der Waals surface area contributed by atoms with Crippen LogP contribution in [0.3, 0.4) is 0 Å². The van der Waals surface area contributed by atoms with Crippen LogP contribution in [0.25, 0.3) is 16.7 Å². The predicted octanol–water partition coefficient (Wildman–Crippen LogP) is 1.71. The van der Waals surface area contributed by atoms with Gasteiger partial charge in [-0.2, -0.15) is 15.1 Å². The minimum atomic E-state index is 0.578. The van der Waals surface area contributed by atoms with Crippen molar-refractivity contribution in [2.45, 2.75) is 0 Å². The molecule has 4 rings (SSSR count). The molecule has 0 radical (unpaired) electrons. The molecule has 26 heavy (non-hydrogen) atoms. The Balaban J connectivity index is 1.79. The zero-order chi connectivity index (χ0) is 17.8. The Labute approximate surface area is 151 Å². The summed E-state index contributed by atoms with van der Waals surface area (Å²) < 4.78 is 12.4. The highest BCUT2D eigenvalue weighted by Crippen LogP contribution is 2.27. The molecule has 0 bridgehead atoms. The van der Waals surface area contributed by atoms with Gasteiger partial charge in [0.1, 0.15) is 5.82 Å². The number of fused-ring (bicyclic) bond motifs is 1. The van der Waals surface area contributed by atoms with Crippen LogP contribution in [0, 0.1) is 0 Å². The van der Waals surface area contributed by atoms with Gasteiger partial charge in [0.2, 0.25) is 5.95 Å².